The van der Waals surface area contributed by atoms with E-state index < -0.39 is 17.9 Å². The highest BCUT2D eigenvalue weighted by atomic mass is 19.1. The highest BCUT2D eigenvalue weighted by Gasteiger charge is 2.19. The molecule has 0 spiro atoms. The Hall–Kier alpha value is -2.89. The van der Waals surface area contributed by atoms with Crippen molar-refractivity contribution in [1.82, 2.24) is 5.32 Å². The van der Waals surface area contributed by atoms with E-state index in [1.165, 1.54) is 18.2 Å². The van der Waals surface area contributed by atoms with E-state index >= 15 is 0 Å². The van der Waals surface area contributed by atoms with Crippen LogP contribution in [0.2, 0.25) is 0 Å². The number of primary amides is 1. The van der Waals surface area contributed by atoms with Gasteiger partial charge in [0.2, 0.25) is 5.91 Å². The Morgan fingerprint density at radius 1 is 1.17 bits per heavy atom. The Kier molecular flexibility index (Phi) is 5.30. The normalized spacial score (nSPS) is 11.6. The number of amides is 3. The fourth-order valence-electron chi connectivity index (χ4n) is 2.35. The van der Waals surface area contributed by atoms with Crippen molar-refractivity contribution >= 4 is 17.6 Å². The molecule has 0 bridgehead atoms. The zero-order valence-electron chi connectivity index (χ0n) is 12.7. The highest BCUT2D eigenvalue weighted by Crippen LogP contribution is 2.21. The molecule has 120 valence electrons. The van der Waals surface area contributed by atoms with Gasteiger partial charge in [0.15, 0.2) is 0 Å². The molecule has 0 aromatic heterocycles. The van der Waals surface area contributed by atoms with Gasteiger partial charge in [-0.2, -0.15) is 0 Å². The van der Waals surface area contributed by atoms with Crippen LogP contribution in [0, 0.1) is 12.7 Å². The van der Waals surface area contributed by atoms with E-state index in [4.69, 9.17) is 5.73 Å². The minimum Gasteiger partial charge on any atom is -0.352 e. The number of rotatable bonds is 5. The smallest absolute Gasteiger partial charge is 0.312 e. The highest BCUT2D eigenvalue weighted by molar-refractivity contribution is 5.91. The standard InChI is InChI=1S/C17H18FN3O2/c1-11-5-2-3-8-14(11)15(21-17(19)23)10-16(22)20-13-7-4-6-12(18)9-13/h2-9,15H,10H2,1H3,(H,20,22)(H3,19,21,23). The van der Waals surface area contributed by atoms with Crippen molar-refractivity contribution < 1.29 is 14.0 Å². The van der Waals surface area contributed by atoms with Gasteiger partial charge in [-0.25, -0.2) is 9.18 Å². The van der Waals surface area contributed by atoms with Crippen molar-refractivity contribution in [2.45, 2.75) is 19.4 Å². The average molecular weight is 315 g/mol. The van der Waals surface area contributed by atoms with Gasteiger partial charge < -0.3 is 16.4 Å². The minimum absolute atomic E-state index is 0.00962. The number of hydrogen-bond donors (Lipinski definition) is 3. The van der Waals surface area contributed by atoms with Crippen LogP contribution in [0.25, 0.3) is 0 Å². The summed E-state index contributed by atoms with van der Waals surface area (Å²) in [5.74, 6) is -0.786. The van der Waals surface area contributed by atoms with Crippen LogP contribution in [0.4, 0.5) is 14.9 Å². The summed E-state index contributed by atoms with van der Waals surface area (Å²) in [7, 11) is 0. The molecule has 0 aliphatic rings. The van der Waals surface area contributed by atoms with Crippen LogP contribution in [0.1, 0.15) is 23.6 Å². The van der Waals surface area contributed by atoms with Crippen molar-refractivity contribution in [3.05, 3.63) is 65.5 Å². The zero-order valence-corrected chi connectivity index (χ0v) is 12.7. The number of nitrogens with two attached hydrogens (primary N) is 1. The second-order valence-electron chi connectivity index (χ2n) is 5.18. The summed E-state index contributed by atoms with van der Waals surface area (Å²) >= 11 is 0. The second-order valence-corrected chi connectivity index (χ2v) is 5.18. The van der Waals surface area contributed by atoms with E-state index in [2.05, 4.69) is 10.6 Å². The summed E-state index contributed by atoms with van der Waals surface area (Å²) in [5, 5.41) is 5.17. The largest absolute Gasteiger partial charge is 0.352 e. The first-order valence-corrected chi connectivity index (χ1v) is 7.12. The Morgan fingerprint density at radius 2 is 1.91 bits per heavy atom. The number of halogens is 1. The van der Waals surface area contributed by atoms with Gasteiger partial charge in [0.05, 0.1) is 12.5 Å². The van der Waals surface area contributed by atoms with E-state index in [0.717, 1.165) is 11.1 Å². The van der Waals surface area contributed by atoms with Crippen LogP contribution in [-0.4, -0.2) is 11.9 Å². The minimum atomic E-state index is -0.711. The average Bonchev–Trinajstić information content (AvgIpc) is 2.46. The summed E-state index contributed by atoms with van der Waals surface area (Å²) in [4.78, 5) is 23.4. The van der Waals surface area contributed by atoms with E-state index in [1.54, 1.807) is 6.07 Å². The molecular weight excluding hydrogens is 297 g/mol. The number of carbonyl (C=O) groups excluding carboxylic acids is 2. The predicted molar refractivity (Wildman–Crippen MR) is 86.3 cm³/mol. The quantitative estimate of drug-likeness (QED) is 0.792. The zero-order chi connectivity index (χ0) is 16.8. The van der Waals surface area contributed by atoms with Crippen molar-refractivity contribution in [3.8, 4) is 0 Å². The molecule has 0 aliphatic heterocycles. The van der Waals surface area contributed by atoms with E-state index in [1.807, 2.05) is 31.2 Å². The number of anilines is 1. The molecule has 1 atom stereocenters. The fraction of sp³-hybridized carbons (Fsp3) is 0.176. The number of hydrogen-bond acceptors (Lipinski definition) is 2. The molecule has 2 aromatic rings. The lowest BCUT2D eigenvalue weighted by molar-refractivity contribution is -0.116. The van der Waals surface area contributed by atoms with E-state index in [-0.39, 0.29) is 12.3 Å². The molecule has 5 nitrogen and oxygen atoms in total. The summed E-state index contributed by atoms with van der Waals surface area (Å²) in [6.45, 7) is 1.88. The molecule has 0 saturated carbocycles. The van der Waals surface area contributed by atoms with Gasteiger partial charge >= 0.3 is 6.03 Å². The lowest BCUT2D eigenvalue weighted by Gasteiger charge is -2.19. The molecule has 6 heteroatoms. The van der Waals surface area contributed by atoms with Crippen LogP contribution in [0.5, 0.6) is 0 Å². The Bertz CT molecular complexity index is 718. The third kappa shape index (κ3) is 4.81. The predicted octanol–water partition coefficient (Wildman–Crippen LogP) is 2.87. The molecule has 0 aliphatic carbocycles. The number of carbonyl (C=O) groups is 2. The van der Waals surface area contributed by atoms with Crippen LogP contribution >= 0.6 is 0 Å². The lowest BCUT2D eigenvalue weighted by Crippen LogP contribution is -2.35. The molecular formula is C17H18FN3O2. The van der Waals surface area contributed by atoms with Crippen molar-refractivity contribution in [1.29, 1.82) is 0 Å². The Labute approximate surface area is 133 Å². The molecule has 2 rings (SSSR count). The summed E-state index contributed by atoms with van der Waals surface area (Å²) in [5.41, 5.74) is 7.30. The molecule has 2 aromatic carbocycles. The maximum absolute atomic E-state index is 13.1. The molecule has 3 amide bonds. The van der Waals surface area contributed by atoms with Gasteiger partial charge in [-0.15, -0.1) is 0 Å². The summed E-state index contributed by atoms with van der Waals surface area (Å²) in [6.07, 6.45) is -0.00962. The van der Waals surface area contributed by atoms with Gasteiger partial charge in [0.25, 0.3) is 0 Å². The molecule has 0 radical (unpaired) electrons. The molecule has 23 heavy (non-hydrogen) atoms. The molecule has 0 saturated heterocycles. The number of urea groups is 1. The lowest BCUT2D eigenvalue weighted by atomic mass is 9.98. The second kappa shape index (κ2) is 7.40. The first kappa shape index (κ1) is 16.5. The maximum Gasteiger partial charge on any atom is 0.312 e. The summed E-state index contributed by atoms with van der Waals surface area (Å²) in [6, 6.07) is 11.7. The molecule has 0 heterocycles. The summed E-state index contributed by atoms with van der Waals surface area (Å²) < 4.78 is 13.1. The Balaban J connectivity index is 2.13. The fourth-order valence-corrected chi connectivity index (χ4v) is 2.35. The monoisotopic (exact) mass is 315 g/mol. The van der Waals surface area contributed by atoms with Gasteiger partial charge in [0, 0.05) is 5.69 Å². The van der Waals surface area contributed by atoms with Crippen LogP contribution in [0.15, 0.2) is 48.5 Å². The van der Waals surface area contributed by atoms with E-state index in [0.29, 0.717) is 5.69 Å². The third-order valence-corrected chi connectivity index (χ3v) is 3.38. The van der Waals surface area contributed by atoms with Gasteiger partial charge in [-0.1, -0.05) is 30.3 Å². The third-order valence-electron chi connectivity index (χ3n) is 3.38. The topological polar surface area (TPSA) is 84.2 Å². The van der Waals surface area contributed by atoms with E-state index in [9.17, 15) is 14.0 Å². The van der Waals surface area contributed by atoms with Crippen LogP contribution in [0.3, 0.4) is 0 Å². The molecule has 1 unspecified atom stereocenters. The first-order chi connectivity index (χ1) is 11.0. The van der Waals surface area contributed by atoms with Crippen LogP contribution in [-0.2, 0) is 4.79 Å². The number of benzene rings is 2. The number of aryl methyl sites for hydroxylation is 1. The first-order valence-electron chi connectivity index (χ1n) is 7.12. The molecule has 4 N–H and O–H groups in total. The van der Waals surface area contributed by atoms with Crippen LogP contribution < -0.4 is 16.4 Å². The van der Waals surface area contributed by atoms with Gasteiger partial charge in [-0.3, -0.25) is 4.79 Å². The van der Waals surface area contributed by atoms with Crippen molar-refractivity contribution in [2.24, 2.45) is 5.73 Å². The number of nitrogens with one attached hydrogen (secondary N) is 2. The van der Waals surface area contributed by atoms with Crippen molar-refractivity contribution in [3.63, 3.8) is 0 Å². The SMILES string of the molecule is Cc1ccccc1C(CC(=O)Nc1cccc(F)c1)NC(N)=O. The Morgan fingerprint density at radius 3 is 2.57 bits per heavy atom. The van der Waals surface area contributed by atoms with Gasteiger partial charge in [-0.05, 0) is 36.2 Å². The van der Waals surface area contributed by atoms with Crippen molar-refractivity contribution in [2.75, 3.05) is 5.32 Å². The van der Waals surface area contributed by atoms with Gasteiger partial charge in [0.1, 0.15) is 5.82 Å². The maximum atomic E-state index is 13.1. The molecule has 0 fully saturated rings.